The smallest absolute Gasteiger partial charge is 0.272 e. The van der Waals surface area contributed by atoms with Crippen LogP contribution >= 0.6 is 0 Å². The Balaban J connectivity index is 1.80. The number of pyridine rings is 1. The predicted molar refractivity (Wildman–Crippen MR) is 95.4 cm³/mol. The minimum Gasteiger partial charge on any atom is -0.488 e. The van der Waals surface area contributed by atoms with Crippen LogP contribution in [0.2, 0.25) is 0 Å². The number of nitrogens with one attached hydrogen (secondary N) is 1. The van der Waals surface area contributed by atoms with Gasteiger partial charge in [0.1, 0.15) is 23.9 Å². The molecule has 5 rings (SSSR count). The molecule has 0 saturated heterocycles. The molecule has 0 saturated carbocycles. The predicted octanol–water partition coefficient (Wildman–Crippen LogP) is 2.98. The van der Waals surface area contributed by atoms with Crippen molar-refractivity contribution in [2.24, 2.45) is 0 Å². The lowest BCUT2D eigenvalue weighted by Crippen LogP contribution is -2.25. The summed E-state index contributed by atoms with van der Waals surface area (Å²) in [5, 5.41) is 7.58. The van der Waals surface area contributed by atoms with E-state index in [0.29, 0.717) is 17.7 Å². The number of benzene rings is 1. The summed E-state index contributed by atoms with van der Waals surface area (Å²) in [5.74, 6) is 1.39. The van der Waals surface area contributed by atoms with E-state index in [1.807, 2.05) is 48.9 Å². The summed E-state index contributed by atoms with van der Waals surface area (Å²) < 4.78 is 13.3. The topological polar surface area (TPSA) is 85.9 Å². The van der Waals surface area contributed by atoms with Crippen molar-refractivity contribution in [3.05, 3.63) is 64.0 Å². The van der Waals surface area contributed by atoms with Gasteiger partial charge in [-0.3, -0.25) is 19.6 Å². The van der Waals surface area contributed by atoms with E-state index >= 15 is 0 Å². The Labute approximate surface area is 148 Å². The molecule has 4 aromatic rings. The summed E-state index contributed by atoms with van der Waals surface area (Å²) in [4.78, 5) is 16.9. The molecule has 0 bridgehead atoms. The average molecular weight is 348 g/mol. The molecule has 0 fully saturated rings. The third-order valence-corrected chi connectivity index (χ3v) is 4.87. The molecule has 1 aliphatic heterocycles. The van der Waals surface area contributed by atoms with Crippen LogP contribution in [0.4, 0.5) is 0 Å². The van der Waals surface area contributed by atoms with Crippen molar-refractivity contribution < 1.29 is 9.26 Å². The first-order valence-electron chi connectivity index (χ1n) is 8.39. The number of aromatic nitrogens is 4. The maximum Gasteiger partial charge on any atom is 0.272 e. The number of H-pyrrole nitrogens is 1. The molecule has 1 unspecified atom stereocenters. The molecular weight excluding hydrogens is 332 g/mol. The Kier molecular flexibility index (Phi) is 3.06. The molecule has 0 spiro atoms. The number of aryl methyl sites for hydroxylation is 2. The third kappa shape index (κ3) is 1.97. The van der Waals surface area contributed by atoms with Gasteiger partial charge in [0.25, 0.3) is 5.56 Å². The molecule has 1 atom stereocenters. The van der Waals surface area contributed by atoms with E-state index in [0.717, 1.165) is 33.8 Å². The van der Waals surface area contributed by atoms with Crippen LogP contribution in [-0.2, 0) is 0 Å². The minimum atomic E-state index is -0.186. The molecule has 1 aromatic carbocycles. The van der Waals surface area contributed by atoms with Crippen LogP contribution in [0.25, 0.3) is 22.0 Å². The monoisotopic (exact) mass is 348 g/mol. The standard InChI is InChI=1S/C19H16N4O3/c1-10-16(11(2)26-22-10)12-6-7-13-17-18(12)25-9-15(23(17)21-19(13)24)14-5-3-4-8-20-14/h3-8,15H,9H2,1-2H3,(H,21,24). The quantitative estimate of drug-likeness (QED) is 0.602. The zero-order chi connectivity index (χ0) is 17.8. The highest BCUT2D eigenvalue weighted by atomic mass is 16.5. The lowest BCUT2D eigenvalue weighted by Gasteiger charge is -2.26. The molecule has 4 heterocycles. The average Bonchev–Trinajstić information content (AvgIpc) is 3.17. The summed E-state index contributed by atoms with van der Waals surface area (Å²) in [5.41, 5.74) is 4.01. The number of aromatic amines is 1. The number of hydrogen-bond acceptors (Lipinski definition) is 5. The van der Waals surface area contributed by atoms with Gasteiger partial charge in [0, 0.05) is 11.8 Å². The first-order chi connectivity index (χ1) is 12.6. The van der Waals surface area contributed by atoms with Gasteiger partial charge < -0.3 is 9.26 Å². The maximum absolute atomic E-state index is 12.5. The van der Waals surface area contributed by atoms with E-state index < -0.39 is 0 Å². The van der Waals surface area contributed by atoms with Crippen molar-refractivity contribution in [3.8, 4) is 16.9 Å². The molecule has 26 heavy (non-hydrogen) atoms. The van der Waals surface area contributed by atoms with E-state index in [4.69, 9.17) is 9.26 Å². The molecule has 7 heteroatoms. The van der Waals surface area contributed by atoms with Crippen LogP contribution in [0.1, 0.15) is 23.2 Å². The molecule has 3 aromatic heterocycles. The normalized spacial score (nSPS) is 16.0. The Morgan fingerprint density at radius 3 is 2.85 bits per heavy atom. The first kappa shape index (κ1) is 14.9. The Bertz CT molecular complexity index is 1170. The van der Waals surface area contributed by atoms with Crippen molar-refractivity contribution in [1.82, 2.24) is 19.9 Å². The fourth-order valence-corrected chi connectivity index (χ4v) is 3.69. The van der Waals surface area contributed by atoms with Gasteiger partial charge in [-0.1, -0.05) is 11.2 Å². The van der Waals surface area contributed by atoms with Gasteiger partial charge in [-0.05, 0) is 38.1 Å². The van der Waals surface area contributed by atoms with E-state index in [-0.39, 0.29) is 11.6 Å². The molecule has 1 N–H and O–H groups in total. The molecule has 7 nitrogen and oxygen atoms in total. The Hall–Kier alpha value is -3.35. The van der Waals surface area contributed by atoms with Gasteiger partial charge in [-0.2, -0.15) is 0 Å². The third-order valence-electron chi connectivity index (χ3n) is 4.87. The fraction of sp³-hybridized carbons (Fsp3) is 0.211. The highest BCUT2D eigenvalue weighted by Gasteiger charge is 2.30. The second-order valence-corrected chi connectivity index (χ2v) is 6.43. The van der Waals surface area contributed by atoms with Crippen LogP contribution in [0.5, 0.6) is 5.75 Å². The van der Waals surface area contributed by atoms with Crippen LogP contribution in [0.15, 0.2) is 45.8 Å². The van der Waals surface area contributed by atoms with Gasteiger partial charge in [0.2, 0.25) is 0 Å². The van der Waals surface area contributed by atoms with E-state index in [9.17, 15) is 4.79 Å². The van der Waals surface area contributed by atoms with Crippen LogP contribution in [0, 0.1) is 13.8 Å². The SMILES string of the molecule is Cc1noc(C)c1-c1ccc2c(=O)[nH]n3c2c1OCC3c1ccccn1. The minimum absolute atomic E-state index is 0.141. The van der Waals surface area contributed by atoms with Crippen LogP contribution < -0.4 is 10.3 Å². The van der Waals surface area contributed by atoms with Crippen molar-refractivity contribution >= 4 is 10.9 Å². The molecular formula is C19H16N4O3. The number of rotatable bonds is 2. The highest BCUT2D eigenvalue weighted by molar-refractivity contribution is 5.93. The van der Waals surface area contributed by atoms with Crippen molar-refractivity contribution in [2.45, 2.75) is 19.9 Å². The number of nitrogens with zero attached hydrogens (tertiary/aromatic N) is 3. The van der Waals surface area contributed by atoms with E-state index in [2.05, 4.69) is 15.2 Å². The molecule has 0 aliphatic carbocycles. The lowest BCUT2D eigenvalue weighted by molar-refractivity contribution is 0.246. The summed E-state index contributed by atoms with van der Waals surface area (Å²) in [6, 6.07) is 9.25. The van der Waals surface area contributed by atoms with Gasteiger partial charge >= 0.3 is 0 Å². The van der Waals surface area contributed by atoms with Gasteiger partial charge in [-0.15, -0.1) is 0 Å². The van der Waals surface area contributed by atoms with E-state index in [1.54, 1.807) is 6.20 Å². The summed E-state index contributed by atoms with van der Waals surface area (Å²) in [6.45, 7) is 4.15. The maximum atomic E-state index is 12.5. The second-order valence-electron chi connectivity index (χ2n) is 6.43. The van der Waals surface area contributed by atoms with Crippen molar-refractivity contribution in [1.29, 1.82) is 0 Å². The van der Waals surface area contributed by atoms with Gasteiger partial charge in [-0.25, -0.2) is 0 Å². The zero-order valence-electron chi connectivity index (χ0n) is 14.3. The second kappa shape index (κ2) is 5.32. The highest BCUT2D eigenvalue weighted by Crippen LogP contribution is 2.42. The summed E-state index contributed by atoms with van der Waals surface area (Å²) in [7, 11) is 0. The first-order valence-corrected chi connectivity index (χ1v) is 8.39. The molecule has 0 amide bonds. The zero-order valence-corrected chi connectivity index (χ0v) is 14.3. The molecule has 0 radical (unpaired) electrons. The van der Waals surface area contributed by atoms with Gasteiger partial charge in [0.05, 0.1) is 22.3 Å². The van der Waals surface area contributed by atoms with Crippen molar-refractivity contribution in [3.63, 3.8) is 0 Å². The number of ether oxygens (including phenoxy) is 1. The van der Waals surface area contributed by atoms with Gasteiger partial charge in [0.15, 0.2) is 5.75 Å². The summed E-state index contributed by atoms with van der Waals surface area (Å²) >= 11 is 0. The lowest BCUT2D eigenvalue weighted by atomic mass is 10.00. The Morgan fingerprint density at radius 2 is 2.12 bits per heavy atom. The summed E-state index contributed by atoms with van der Waals surface area (Å²) in [6.07, 6.45) is 1.74. The number of hydrogen-bond donors (Lipinski definition) is 1. The molecule has 130 valence electrons. The molecule has 1 aliphatic rings. The van der Waals surface area contributed by atoms with Crippen molar-refractivity contribution in [2.75, 3.05) is 6.61 Å². The Morgan fingerprint density at radius 1 is 1.23 bits per heavy atom. The largest absolute Gasteiger partial charge is 0.488 e. The van der Waals surface area contributed by atoms with Crippen LogP contribution in [0.3, 0.4) is 0 Å². The van der Waals surface area contributed by atoms with Crippen LogP contribution in [-0.4, -0.2) is 26.5 Å². The van der Waals surface area contributed by atoms with E-state index in [1.165, 1.54) is 0 Å². The fourth-order valence-electron chi connectivity index (χ4n) is 3.69.